The Labute approximate surface area is 85.7 Å². The van der Waals surface area contributed by atoms with Gasteiger partial charge in [-0.1, -0.05) is 18.2 Å². The van der Waals surface area contributed by atoms with E-state index in [1.54, 1.807) is 12.3 Å². The highest BCUT2D eigenvalue weighted by Gasteiger charge is 2.12. The molecule has 0 saturated heterocycles. The van der Waals surface area contributed by atoms with Gasteiger partial charge in [0, 0.05) is 0 Å². The zero-order chi connectivity index (χ0) is 9.80. The van der Waals surface area contributed by atoms with E-state index in [2.05, 4.69) is 0 Å². The third-order valence-electron chi connectivity index (χ3n) is 1.86. The van der Waals surface area contributed by atoms with Gasteiger partial charge in [-0.05, 0) is 35.4 Å². The molecule has 0 bridgehead atoms. The SMILES string of the molecule is [O-][S+](Cc1ccco1)c1ccccc1. The van der Waals surface area contributed by atoms with Crippen LogP contribution in [0.1, 0.15) is 5.76 Å². The molecule has 0 spiro atoms. The summed E-state index contributed by atoms with van der Waals surface area (Å²) in [5.74, 6) is 1.20. The van der Waals surface area contributed by atoms with Crippen molar-refractivity contribution in [3.63, 3.8) is 0 Å². The Morgan fingerprint density at radius 2 is 1.86 bits per heavy atom. The zero-order valence-corrected chi connectivity index (χ0v) is 8.37. The van der Waals surface area contributed by atoms with Crippen LogP contribution in [-0.4, -0.2) is 4.55 Å². The molecule has 0 fully saturated rings. The normalized spacial score (nSPS) is 12.6. The van der Waals surface area contributed by atoms with Gasteiger partial charge in [-0.2, -0.15) is 0 Å². The van der Waals surface area contributed by atoms with E-state index in [9.17, 15) is 4.55 Å². The molecule has 0 aliphatic heterocycles. The van der Waals surface area contributed by atoms with Crippen LogP contribution in [0.4, 0.5) is 0 Å². The first kappa shape index (κ1) is 9.37. The molecule has 1 atom stereocenters. The van der Waals surface area contributed by atoms with Crippen LogP contribution in [0.3, 0.4) is 0 Å². The van der Waals surface area contributed by atoms with Gasteiger partial charge in [0.15, 0.2) is 16.4 Å². The molecular formula is C11H10O2S. The smallest absolute Gasteiger partial charge is 0.168 e. The molecule has 2 aromatic rings. The first-order chi connectivity index (χ1) is 6.86. The summed E-state index contributed by atoms with van der Waals surface area (Å²) >= 11 is -1.01. The van der Waals surface area contributed by atoms with Crippen LogP contribution >= 0.6 is 0 Å². The number of benzene rings is 1. The Balaban J connectivity index is 2.07. The van der Waals surface area contributed by atoms with Crippen LogP contribution in [0.25, 0.3) is 0 Å². The largest absolute Gasteiger partial charge is 0.611 e. The minimum absolute atomic E-state index is 0.441. The van der Waals surface area contributed by atoms with Crippen molar-refractivity contribution in [2.75, 3.05) is 0 Å². The first-order valence-electron chi connectivity index (χ1n) is 4.32. The van der Waals surface area contributed by atoms with E-state index in [-0.39, 0.29) is 0 Å². The van der Waals surface area contributed by atoms with Gasteiger partial charge in [0.1, 0.15) is 0 Å². The fourth-order valence-corrected chi connectivity index (χ4v) is 2.23. The maximum absolute atomic E-state index is 11.8. The van der Waals surface area contributed by atoms with Gasteiger partial charge < -0.3 is 8.97 Å². The number of hydrogen-bond donors (Lipinski definition) is 0. The van der Waals surface area contributed by atoms with E-state index >= 15 is 0 Å². The van der Waals surface area contributed by atoms with Gasteiger partial charge in [0.05, 0.1) is 6.26 Å². The first-order valence-corrected chi connectivity index (χ1v) is 5.64. The molecule has 0 saturated carbocycles. The lowest BCUT2D eigenvalue weighted by Crippen LogP contribution is -2.03. The Morgan fingerprint density at radius 3 is 2.50 bits per heavy atom. The summed E-state index contributed by atoms with van der Waals surface area (Å²) in [6, 6.07) is 13.0. The van der Waals surface area contributed by atoms with Crippen LogP contribution in [0.5, 0.6) is 0 Å². The molecule has 0 aliphatic carbocycles. The molecule has 0 radical (unpaired) electrons. The Morgan fingerprint density at radius 1 is 1.07 bits per heavy atom. The highest BCUT2D eigenvalue weighted by atomic mass is 32.2. The van der Waals surface area contributed by atoms with Crippen molar-refractivity contribution in [3.8, 4) is 0 Å². The maximum Gasteiger partial charge on any atom is 0.168 e. The van der Waals surface area contributed by atoms with Gasteiger partial charge in [-0.3, -0.25) is 0 Å². The molecule has 3 heteroatoms. The summed E-state index contributed by atoms with van der Waals surface area (Å²) in [6.07, 6.45) is 1.59. The zero-order valence-electron chi connectivity index (χ0n) is 7.55. The molecule has 1 aromatic carbocycles. The molecule has 0 N–H and O–H groups in total. The number of furan rings is 1. The van der Waals surface area contributed by atoms with E-state index in [1.807, 2.05) is 36.4 Å². The van der Waals surface area contributed by atoms with E-state index < -0.39 is 11.2 Å². The van der Waals surface area contributed by atoms with Crippen molar-refractivity contribution in [3.05, 3.63) is 54.5 Å². The minimum atomic E-state index is -1.01. The molecule has 0 amide bonds. The predicted octanol–water partition coefficient (Wildman–Crippen LogP) is 2.59. The third kappa shape index (κ3) is 2.19. The molecule has 0 aliphatic rings. The van der Waals surface area contributed by atoms with Crippen molar-refractivity contribution >= 4 is 11.2 Å². The van der Waals surface area contributed by atoms with E-state index in [4.69, 9.17) is 4.42 Å². The van der Waals surface area contributed by atoms with Gasteiger partial charge in [0.25, 0.3) is 0 Å². The number of hydrogen-bond acceptors (Lipinski definition) is 2. The lowest BCUT2D eigenvalue weighted by atomic mass is 10.4. The molecular weight excluding hydrogens is 196 g/mol. The second kappa shape index (κ2) is 4.35. The average Bonchev–Trinajstić information content (AvgIpc) is 2.72. The summed E-state index contributed by atoms with van der Waals surface area (Å²) in [7, 11) is 0. The maximum atomic E-state index is 11.8. The Hall–Kier alpha value is -1.19. The topological polar surface area (TPSA) is 36.2 Å². The van der Waals surface area contributed by atoms with Crippen LogP contribution in [0.15, 0.2) is 58.0 Å². The molecule has 2 rings (SSSR count). The van der Waals surface area contributed by atoms with Gasteiger partial charge in [-0.25, -0.2) is 0 Å². The molecule has 1 aromatic heterocycles. The second-order valence-electron chi connectivity index (χ2n) is 2.88. The van der Waals surface area contributed by atoms with Crippen molar-refractivity contribution in [2.24, 2.45) is 0 Å². The van der Waals surface area contributed by atoms with Crippen LogP contribution in [0.2, 0.25) is 0 Å². The van der Waals surface area contributed by atoms with Crippen LogP contribution < -0.4 is 0 Å². The fraction of sp³-hybridized carbons (Fsp3) is 0.0909. The third-order valence-corrected chi connectivity index (χ3v) is 3.20. The molecule has 14 heavy (non-hydrogen) atoms. The van der Waals surface area contributed by atoms with Crippen molar-refractivity contribution in [1.82, 2.24) is 0 Å². The second-order valence-corrected chi connectivity index (χ2v) is 4.33. The summed E-state index contributed by atoms with van der Waals surface area (Å²) in [5.41, 5.74) is 0. The quantitative estimate of drug-likeness (QED) is 0.724. The summed E-state index contributed by atoms with van der Waals surface area (Å²) in [4.78, 5) is 0.837. The van der Waals surface area contributed by atoms with Crippen LogP contribution in [-0.2, 0) is 16.9 Å². The summed E-state index contributed by atoms with van der Waals surface area (Å²) in [5, 5.41) is 0. The van der Waals surface area contributed by atoms with E-state index in [0.29, 0.717) is 5.75 Å². The lowest BCUT2D eigenvalue weighted by Gasteiger charge is -2.07. The number of rotatable bonds is 3. The summed E-state index contributed by atoms with van der Waals surface area (Å²) < 4.78 is 16.9. The molecule has 2 nitrogen and oxygen atoms in total. The molecule has 1 heterocycles. The minimum Gasteiger partial charge on any atom is -0.611 e. The molecule has 1 unspecified atom stereocenters. The average molecular weight is 206 g/mol. The van der Waals surface area contributed by atoms with Crippen LogP contribution in [0, 0.1) is 0 Å². The van der Waals surface area contributed by atoms with Crippen molar-refractivity contribution < 1.29 is 8.97 Å². The Kier molecular flexibility index (Phi) is 2.91. The lowest BCUT2D eigenvalue weighted by molar-refractivity contribution is 0.520. The van der Waals surface area contributed by atoms with Gasteiger partial charge in [-0.15, -0.1) is 0 Å². The van der Waals surface area contributed by atoms with Crippen molar-refractivity contribution in [1.29, 1.82) is 0 Å². The summed E-state index contributed by atoms with van der Waals surface area (Å²) in [6.45, 7) is 0. The van der Waals surface area contributed by atoms with E-state index in [0.717, 1.165) is 10.7 Å². The monoisotopic (exact) mass is 206 g/mol. The Bertz CT molecular complexity index is 369. The van der Waals surface area contributed by atoms with E-state index in [1.165, 1.54) is 0 Å². The standard InChI is InChI=1S/C11H10O2S/c12-14(9-10-5-4-8-13-10)11-6-2-1-3-7-11/h1-8H,9H2. The van der Waals surface area contributed by atoms with Crippen molar-refractivity contribution in [2.45, 2.75) is 10.6 Å². The predicted molar refractivity (Wildman–Crippen MR) is 55.3 cm³/mol. The highest BCUT2D eigenvalue weighted by molar-refractivity contribution is 7.90. The molecule has 72 valence electrons. The fourth-order valence-electron chi connectivity index (χ4n) is 1.18. The highest BCUT2D eigenvalue weighted by Crippen LogP contribution is 2.15. The van der Waals surface area contributed by atoms with Gasteiger partial charge >= 0.3 is 0 Å². The van der Waals surface area contributed by atoms with Gasteiger partial charge in [0.2, 0.25) is 0 Å².